The molecule has 0 aromatic heterocycles. The van der Waals surface area contributed by atoms with Gasteiger partial charge in [-0.15, -0.1) is 0 Å². The summed E-state index contributed by atoms with van der Waals surface area (Å²) >= 11 is 6.09. The van der Waals surface area contributed by atoms with Crippen molar-refractivity contribution in [2.24, 2.45) is 21.5 Å². The summed E-state index contributed by atoms with van der Waals surface area (Å²) in [6.45, 7) is 1.86. The summed E-state index contributed by atoms with van der Waals surface area (Å²) in [6.07, 6.45) is 4.42. The van der Waals surface area contributed by atoms with Crippen molar-refractivity contribution >= 4 is 34.9 Å². The van der Waals surface area contributed by atoms with Crippen molar-refractivity contribution in [1.29, 1.82) is 0 Å². The first-order chi connectivity index (χ1) is 14.8. The van der Waals surface area contributed by atoms with Gasteiger partial charge in [-0.1, -0.05) is 18.0 Å². The van der Waals surface area contributed by atoms with Crippen molar-refractivity contribution in [3.8, 4) is 11.5 Å². The molecule has 0 bridgehead atoms. The molecule has 0 atom stereocenters. The van der Waals surface area contributed by atoms with Crippen LogP contribution in [0, 0.1) is 17.0 Å². The summed E-state index contributed by atoms with van der Waals surface area (Å²) in [4.78, 5) is 21.7. The zero-order valence-corrected chi connectivity index (χ0v) is 17.8. The number of nitro groups is 1. The molecular formula is C21H23ClN6O3. The number of anilines is 1. The Hall–Kier alpha value is -3.33. The summed E-state index contributed by atoms with van der Waals surface area (Å²) in [6, 6.07) is 9.72. The van der Waals surface area contributed by atoms with Crippen LogP contribution in [-0.2, 0) is 0 Å². The fourth-order valence-corrected chi connectivity index (χ4v) is 4.29. The van der Waals surface area contributed by atoms with Gasteiger partial charge in [-0.3, -0.25) is 15.0 Å². The molecule has 2 aliphatic rings. The third kappa shape index (κ3) is 4.13. The number of rotatable bonds is 4. The van der Waals surface area contributed by atoms with Crippen molar-refractivity contribution in [2.45, 2.75) is 44.7 Å². The van der Waals surface area contributed by atoms with E-state index in [1.807, 2.05) is 6.92 Å². The molecule has 0 saturated heterocycles. The molecule has 10 heteroatoms. The third-order valence-electron chi connectivity index (χ3n) is 5.56. The number of nitrogens with zero attached hydrogens (tertiary/aromatic N) is 4. The molecule has 1 saturated carbocycles. The fraction of sp³-hybridized carbons (Fsp3) is 0.333. The Morgan fingerprint density at radius 1 is 1.13 bits per heavy atom. The van der Waals surface area contributed by atoms with Crippen LogP contribution in [-0.4, -0.2) is 22.5 Å². The summed E-state index contributed by atoms with van der Waals surface area (Å²) in [5.74, 6) is 1.09. The molecule has 0 radical (unpaired) electrons. The number of aryl methyl sites for hydroxylation is 1. The molecule has 4 N–H and O–H groups in total. The standard InChI is InChI=1S/C21H23ClN6O3/c1-13-9-16(5-6-18(13)22)31-17-11-14(10-15(12-17)28(29)30)27-20(24)25-19(23)26-21(27)7-3-2-4-8-21/h5-6,9-12H,2-4,7-8H2,1H3,(H4,23,24,25,26). The minimum Gasteiger partial charge on any atom is -0.457 e. The first-order valence-corrected chi connectivity index (χ1v) is 10.4. The maximum atomic E-state index is 11.6. The lowest BCUT2D eigenvalue weighted by Crippen LogP contribution is -2.58. The van der Waals surface area contributed by atoms with Gasteiger partial charge in [0, 0.05) is 17.2 Å². The second kappa shape index (κ2) is 8.07. The average Bonchev–Trinajstić information content (AvgIpc) is 2.70. The minimum absolute atomic E-state index is 0.120. The van der Waals surface area contributed by atoms with Crippen molar-refractivity contribution in [3.05, 3.63) is 57.1 Å². The van der Waals surface area contributed by atoms with E-state index < -0.39 is 10.6 Å². The van der Waals surface area contributed by atoms with Crippen molar-refractivity contribution in [1.82, 2.24) is 0 Å². The molecule has 4 rings (SSSR count). The Morgan fingerprint density at radius 3 is 2.55 bits per heavy atom. The SMILES string of the molecule is Cc1cc(Oc2cc(N3C(N)=NC(N)=NC34CCCCC4)cc([N+](=O)[O-])c2)ccc1Cl. The molecule has 1 aliphatic carbocycles. The molecule has 162 valence electrons. The van der Waals surface area contributed by atoms with Crippen LogP contribution in [0.4, 0.5) is 11.4 Å². The van der Waals surface area contributed by atoms with Crippen LogP contribution in [0.2, 0.25) is 5.02 Å². The molecule has 1 heterocycles. The Balaban J connectivity index is 1.79. The molecular weight excluding hydrogens is 420 g/mol. The molecule has 9 nitrogen and oxygen atoms in total. The summed E-state index contributed by atoms with van der Waals surface area (Å²) in [5.41, 5.74) is 12.7. The van der Waals surface area contributed by atoms with Gasteiger partial charge in [0.25, 0.3) is 5.69 Å². The highest BCUT2D eigenvalue weighted by molar-refractivity contribution is 6.31. The predicted molar refractivity (Wildman–Crippen MR) is 121 cm³/mol. The number of benzene rings is 2. The van der Waals surface area contributed by atoms with Gasteiger partial charge < -0.3 is 16.2 Å². The smallest absolute Gasteiger partial charge is 0.275 e. The lowest BCUT2D eigenvalue weighted by molar-refractivity contribution is -0.384. The molecule has 1 fully saturated rings. The van der Waals surface area contributed by atoms with Crippen molar-refractivity contribution < 1.29 is 9.66 Å². The molecule has 0 amide bonds. The van der Waals surface area contributed by atoms with Crippen molar-refractivity contribution in [2.75, 3.05) is 4.90 Å². The normalized spacial score (nSPS) is 17.8. The van der Waals surface area contributed by atoms with E-state index in [4.69, 9.17) is 27.8 Å². The Bertz CT molecular complexity index is 1090. The van der Waals surface area contributed by atoms with Crippen LogP contribution in [0.5, 0.6) is 11.5 Å². The van der Waals surface area contributed by atoms with Gasteiger partial charge in [0.1, 0.15) is 17.2 Å². The van der Waals surface area contributed by atoms with Crippen LogP contribution >= 0.6 is 11.6 Å². The number of non-ortho nitro benzene ring substituents is 1. The molecule has 2 aromatic rings. The van der Waals surface area contributed by atoms with Crippen LogP contribution in [0.1, 0.15) is 37.7 Å². The highest BCUT2D eigenvalue weighted by atomic mass is 35.5. The maximum absolute atomic E-state index is 11.6. The van der Waals surface area contributed by atoms with Gasteiger partial charge in [0.15, 0.2) is 0 Å². The lowest BCUT2D eigenvalue weighted by Gasteiger charge is -2.45. The van der Waals surface area contributed by atoms with E-state index in [0.717, 1.165) is 37.7 Å². The number of hydrogen-bond donors (Lipinski definition) is 2. The Morgan fingerprint density at radius 2 is 1.87 bits per heavy atom. The zero-order valence-electron chi connectivity index (χ0n) is 17.0. The van der Waals surface area contributed by atoms with Gasteiger partial charge in [0.05, 0.1) is 16.7 Å². The topological polar surface area (TPSA) is 132 Å². The number of guanidine groups is 2. The minimum atomic E-state index is -0.711. The molecule has 0 unspecified atom stereocenters. The quantitative estimate of drug-likeness (QED) is 0.530. The monoisotopic (exact) mass is 442 g/mol. The number of nitrogens with two attached hydrogens (primary N) is 2. The molecule has 1 spiro atoms. The Labute approximate surface area is 184 Å². The first kappa shape index (κ1) is 20.9. The van der Waals surface area contributed by atoms with E-state index in [2.05, 4.69) is 9.98 Å². The van der Waals surface area contributed by atoms with Crippen LogP contribution in [0.25, 0.3) is 0 Å². The van der Waals surface area contributed by atoms with E-state index in [1.54, 1.807) is 29.2 Å². The largest absolute Gasteiger partial charge is 0.457 e. The van der Waals surface area contributed by atoms with Gasteiger partial charge in [-0.2, -0.15) is 4.99 Å². The third-order valence-corrected chi connectivity index (χ3v) is 5.99. The zero-order chi connectivity index (χ0) is 22.2. The maximum Gasteiger partial charge on any atom is 0.275 e. The number of nitro benzene ring substituents is 1. The summed E-state index contributed by atoms with van der Waals surface area (Å²) in [5, 5.41) is 12.3. The van der Waals surface area contributed by atoms with Gasteiger partial charge in [0.2, 0.25) is 11.9 Å². The van der Waals surface area contributed by atoms with Gasteiger partial charge >= 0.3 is 0 Å². The highest BCUT2D eigenvalue weighted by Crippen LogP contribution is 2.42. The van der Waals surface area contributed by atoms with Crippen molar-refractivity contribution in [3.63, 3.8) is 0 Å². The molecule has 1 aliphatic heterocycles. The van der Waals surface area contributed by atoms with Crippen LogP contribution < -0.4 is 21.1 Å². The number of aliphatic imine (C=N–C) groups is 2. The number of hydrogen-bond acceptors (Lipinski definition) is 8. The van der Waals surface area contributed by atoms with Gasteiger partial charge in [-0.25, -0.2) is 4.99 Å². The number of halogens is 1. The van der Waals surface area contributed by atoms with Crippen LogP contribution in [0.15, 0.2) is 46.4 Å². The fourth-order valence-electron chi connectivity index (χ4n) is 4.17. The van der Waals surface area contributed by atoms with Crippen LogP contribution in [0.3, 0.4) is 0 Å². The lowest BCUT2D eigenvalue weighted by atomic mass is 9.87. The molecule has 2 aromatic carbocycles. The second-order valence-electron chi connectivity index (χ2n) is 7.77. The van der Waals surface area contributed by atoms with E-state index in [-0.39, 0.29) is 17.6 Å². The molecule has 31 heavy (non-hydrogen) atoms. The summed E-state index contributed by atoms with van der Waals surface area (Å²) in [7, 11) is 0. The second-order valence-corrected chi connectivity index (χ2v) is 8.18. The summed E-state index contributed by atoms with van der Waals surface area (Å²) < 4.78 is 5.94. The van der Waals surface area contributed by atoms with E-state index >= 15 is 0 Å². The van der Waals surface area contributed by atoms with E-state index in [9.17, 15) is 10.1 Å². The highest BCUT2D eigenvalue weighted by Gasteiger charge is 2.43. The van der Waals surface area contributed by atoms with Gasteiger partial charge in [-0.05, 0) is 56.4 Å². The average molecular weight is 443 g/mol. The van der Waals surface area contributed by atoms with E-state index in [1.165, 1.54) is 12.1 Å². The Kier molecular flexibility index (Phi) is 5.45. The predicted octanol–water partition coefficient (Wildman–Crippen LogP) is 4.46. The number of ether oxygens (including phenoxy) is 1. The first-order valence-electron chi connectivity index (χ1n) is 10.0. The van der Waals surface area contributed by atoms with E-state index in [0.29, 0.717) is 22.2 Å².